The number of benzene rings is 4. The van der Waals surface area contributed by atoms with E-state index >= 15 is 0 Å². The predicted molar refractivity (Wildman–Crippen MR) is 286 cm³/mol. The average Bonchev–Trinajstić information content (AvgIpc) is 3.63. The first-order valence-electron chi connectivity index (χ1n) is 24.2. The van der Waals surface area contributed by atoms with E-state index < -0.39 is 5.41 Å². The maximum atomic E-state index is 4.83. The maximum Gasteiger partial charge on any atom is 0.0890 e. The lowest BCUT2D eigenvalue weighted by Crippen LogP contribution is -2.32. The van der Waals surface area contributed by atoms with Crippen LogP contribution in [0.25, 0.3) is 11.1 Å². The van der Waals surface area contributed by atoms with Gasteiger partial charge < -0.3 is 4.90 Å². The molecule has 0 radical (unpaired) electrons. The van der Waals surface area contributed by atoms with Gasteiger partial charge in [0.1, 0.15) is 0 Å². The Bertz CT molecular complexity index is 2780. The SMILES string of the molecule is C=C/C=C\C(=C)C(/C(C)=C/C=C\CC)(c1ccccc1)c1cc(N(C2=C=CC=C(c3ccc(C4=CC(C5=CC=CCC5)CC=C4C4C=CCCC4)cc3)C=C2)c2ccccc2)ccc1CC. The van der Waals surface area contributed by atoms with Gasteiger partial charge in [-0.3, -0.25) is 0 Å². The van der Waals surface area contributed by atoms with Crippen LogP contribution in [-0.2, 0) is 11.8 Å². The molecule has 0 bridgehead atoms. The van der Waals surface area contributed by atoms with E-state index in [-0.39, 0.29) is 0 Å². The first-order valence-corrected chi connectivity index (χ1v) is 24.2. The highest BCUT2D eigenvalue weighted by molar-refractivity contribution is 5.84. The van der Waals surface area contributed by atoms with Gasteiger partial charge in [-0.05, 0) is 151 Å². The van der Waals surface area contributed by atoms with Crippen LogP contribution in [0.5, 0.6) is 0 Å². The lowest BCUT2D eigenvalue weighted by Gasteiger charge is -2.40. The summed E-state index contributed by atoms with van der Waals surface area (Å²) >= 11 is 0. The second-order valence-electron chi connectivity index (χ2n) is 17.8. The molecule has 4 aliphatic rings. The van der Waals surface area contributed by atoms with Gasteiger partial charge in [-0.25, -0.2) is 0 Å². The Labute approximate surface area is 396 Å². The number of para-hydroxylation sites is 1. The second-order valence-corrected chi connectivity index (χ2v) is 17.8. The molecular weight excluding hydrogens is 795 g/mol. The van der Waals surface area contributed by atoms with Gasteiger partial charge in [0.2, 0.25) is 0 Å². The van der Waals surface area contributed by atoms with Gasteiger partial charge in [-0.2, -0.15) is 0 Å². The molecule has 1 heteroatoms. The van der Waals surface area contributed by atoms with Crippen LogP contribution in [0.1, 0.15) is 93.5 Å². The second kappa shape index (κ2) is 21.8. The number of rotatable bonds is 16. The van der Waals surface area contributed by atoms with Crippen molar-refractivity contribution in [3.8, 4) is 0 Å². The van der Waals surface area contributed by atoms with Crippen LogP contribution in [0.2, 0.25) is 0 Å². The van der Waals surface area contributed by atoms with Crippen LogP contribution >= 0.6 is 0 Å². The zero-order chi connectivity index (χ0) is 45.7. The summed E-state index contributed by atoms with van der Waals surface area (Å²) < 4.78 is 0. The van der Waals surface area contributed by atoms with Gasteiger partial charge in [-0.15, -0.1) is 0 Å². The van der Waals surface area contributed by atoms with Gasteiger partial charge in [0.15, 0.2) is 0 Å². The molecule has 0 spiro atoms. The highest BCUT2D eigenvalue weighted by Crippen LogP contribution is 2.49. The zero-order valence-electron chi connectivity index (χ0n) is 39.3. The molecule has 3 unspecified atom stereocenters. The lowest BCUT2D eigenvalue weighted by molar-refractivity contribution is 0.605. The molecule has 0 aliphatic heterocycles. The smallest absolute Gasteiger partial charge is 0.0890 e. The fourth-order valence-electron chi connectivity index (χ4n) is 10.3. The third-order valence-electron chi connectivity index (χ3n) is 13.7. The van der Waals surface area contributed by atoms with Crippen molar-refractivity contribution in [2.75, 3.05) is 4.90 Å². The van der Waals surface area contributed by atoms with Crippen molar-refractivity contribution >= 4 is 22.5 Å². The molecule has 0 saturated heterocycles. The summed E-state index contributed by atoms with van der Waals surface area (Å²) in [6.07, 6.45) is 47.1. The van der Waals surface area contributed by atoms with E-state index in [4.69, 9.17) is 6.58 Å². The summed E-state index contributed by atoms with van der Waals surface area (Å²) in [4.78, 5) is 2.33. The van der Waals surface area contributed by atoms with E-state index in [1.54, 1.807) is 5.57 Å². The Hall–Kier alpha value is -6.92. The topological polar surface area (TPSA) is 3.24 Å². The highest BCUT2D eigenvalue weighted by atomic mass is 15.1. The van der Waals surface area contributed by atoms with Crippen LogP contribution in [0.15, 0.2) is 253 Å². The Morgan fingerprint density at radius 3 is 2.33 bits per heavy atom. The molecule has 4 aromatic carbocycles. The molecule has 4 aromatic rings. The number of allylic oxidation sites excluding steroid dienone is 22. The van der Waals surface area contributed by atoms with Crippen LogP contribution in [0, 0.1) is 11.8 Å². The fourth-order valence-corrected chi connectivity index (χ4v) is 10.3. The van der Waals surface area contributed by atoms with Gasteiger partial charge in [-0.1, -0.05) is 208 Å². The largest absolute Gasteiger partial charge is 0.304 e. The quantitative estimate of drug-likeness (QED) is 0.0616. The number of nitrogens with zero attached hydrogens (tertiary/aromatic N) is 1. The minimum absolute atomic E-state index is 0.455. The van der Waals surface area contributed by atoms with E-state index in [1.807, 2.05) is 12.2 Å². The van der Waals surface area contributed by atoms with Crippen molar-refractivity contribution in [3.05, 3.63) is 281 Å². The standard InChI is InChI=1S/C65H65N/c1-6-9-15-26-50(5)65(49(4)25-10-7-2,58-32-20-13-21-33-58)64-48-61(45-41-51(64)8-3)66(59-34-22-14-23-35-59)60-36-24-31-53(42-44-60)54-37-39-56(40-38-54)63-47-57(52-27-16-11-17-28-52)43-46-62(63)55-29-18-12-19-30-55/h7,9-11,13-16,18,20-27,29,31-35,37-42,44-48,55,57H,2,4,6,8,12,17,19,28,30,43H2,1,3,5H3/b15-9-,25-10-,50-26+. The van der Waals surface area contributed by atoms with Crippen molar-refractivity contribution < 1.29 is 0 Å². The van der Waals surface area contributed by atoms with Crippen molar-refractivity contribution in [2.45, 2.75) is 77.6 Å². The average molecular weight is 860 g/mol. The number of hydrogen-bond donors (Lipinski definition) is 0. The first kappa shape index (κ1) is 45.6. The van der Waals surface area contributed by atoms with Gasteiger partial charge in [0.25, 0.3) is 0 Å². The number of anilines is 2. The minimum atomic E-state index is -0.657. The summed E-state index contributed by atoms with van der Waals surface area (Å²) in [5.41, 5.74) is 20.0. The molecular formula is C65H65N. The molecule has 0 N–H and O–H groups in total. The summed E-state index contributed by atoms with van der Waals surface area (Å²) in [5.74, 6) is 0.942. The Morgan fingerprint density at radius 1 is 0.833 bits per heavy atom. The molecule has 0 aromatic heterocycles. The lowest BCUT2D eigenvalue weighted by atomic mass is 9.63. The summed E-state index contributed by atoms with van der Waals surface area (Å²) in [7, 11) is 0. The van der Waals surface area contributed by atoms with Crippen molar-refractivity contribution in [1.29, 1.82) is 0 Å². The minimum Gasteiger partial charge on any atom is -0.304 e. The molecule has 0 fully saturated rings. The Kier molecular flexibility index (Phi) is 15.1. The van der Waals surface area contributed by atoms with Crippen LogP contribution in [0.4, 0.5) is 11.4 Å². The molecule has 330 valence electrons. The van der Waals surface area contributed by atoms with E-state index in [0.29, 0.717) is 11.8 Å². The number of hydrogen-bond acceptors (Lipinski definition) is 1. The van der Waals surface area contributed by atoms with Crippen LogP contribution in [-0.4, -0.2) is 0 Å². The van der Waals surface area contributed by atoms with Crippen molar-refractivity contribution in [1.82, 2.24) is 0 Å². The van der Waals surface area contributed by atoms with Gasteiger partial charge >= 0.3 is 0 Å². The number of aryl methyl sites for hydroxylation is 1. The van der Waals surface area contributed by atoms with Crippen LogP contribution in [0.3, 0.4) is 0 Å². The monoisotopic (exact) mass is 860 g/mol. The molecule has 66 heavy (non-hydrogen) atoms. The molecule has 8 rings (SSSR count). The predicted octanol–water partition coefficient (Wildman–Crippen LogP) is 17.5. The van der Waals surface area contributed by atoms with Gasteiger partial charge in [0.05, 0.1) is 11.1 Å². The first-order chi connectivity index (χ1) is 32.5. The Balaban J connectivity index is 1.17. The summed E-state index contributed by atoms with van der Waals surface area (Å²) in [5, 5.41) is 0. The molecule has 3 atom stereocenters. The van der Waals surface area contributed by atoms with E-state index in [0.717, 1.165) is 60.3 Å². The highest BCUT2D eigenvalue weighted by Gasteiger charge is 2.40. The summed E-state index contributed by atoms with van der Waals surface area (Å²) in [6, 6.07) is 37.8. The zero-order valence-corrected chi connectivity index (χ0v) is 39.3. The van der Waals surface area contributed by atoms with Crippen LogP contribution < -0.4 is 4.90 Å². The maximum absolute atomic E-state index is 4.83. The molecule has 1 nitrogen and oxygen atoms in total. The molecule has 0 amide bonds. The molecule has 0 heterocycles. The normalized spacial score (nSPS) is 19.4. The fraction of sp³-hybridized carbons (Fsp3) is 0.215. The van der Waals surface area contributed by atoms with Crippen molar-refractivity contribution in [3.63, 3.8) is 0 Å². The van der Waals surface area contributed by atoms with Gasteiger partial charge in [0, 0.05) is 23.2 Å². The molecule has 4 aliphatic carbocycles. The van der Waals surface area contributed by atoms with E-state index in [1.165, 1.54) is 63.8 Å². The van der Waals surface area contributed by atoms with E-state index in [9.17, 15) is 0 Å². The Morgan fingerprint density at radius 2 is 1.62 bits per heavy atom. The summed E-state index contributed by atoms with van der Waals surface area (Å²) in [6.45, 7) is 15.5. The molecule has 0 saturated carbocycles. The third kappa shape index (κ3) is 9.84. The third-order valence-corrected chi connectivity index (χ3v) is 13.7. The van der Waals surface area contributed by atoms with Crippen molar-refractivity contribution in [2.24, 2.45) is 11.8 Å². The van der Waals surface area contributed by atoms with E-state index in [2.05, 4.69) is 232 Å².